The Balaban J connectivity index is 1.25. The van der Waals surface area contributed by atoms with Crippen LogP contribution in [0.3, 0.4) is 0 Å². The molecule has 1 aliphatic rings. The predicted octanol–water partition coefficient (Wildman–Crippen LogP) is 2.42. The van der Waals surface area contributed by atoms with E-state index in [1.165, 1.54) is 11.8 Å². The van der Waals surface area contributed by atoms with E-state index in [1.807, 2.05) is 29.2 Å². The third-order valence-electron chi connectivity index (χ3n) is 4.68. The monoisotopic (exact) mass is 449 g/mol. The van der Waals surface area contributed by atoms with E-state index in [0.717, 1.165) is 54.0 Å². The van der Waals surface area contributed by atoms with Crippen LogP contribution in [0.4, 0.5) is 0 Å². The van der Waals surface area contributed by atoms with Crippen molar-refractivity contribution < 1.29 is 4.79 Å². The lowest BCUT2D eigenvalue weighted by atomic mass is 10.2. The van der Waals surface area contributed by atoms with Gasteiger partial charge in [-0.05, 0) is 22.6 Å². The molecule has 0 atom stereocenters. The highest BCUT2D eigenvalue weighted by Gasteiger charge is 2.22. The van der Waals surface area contributed by atoms with Crippen molar-refractivity contribution in [2.45, 2.75) is 11.7 Å². The molecule has 1 aliphatic heterocycles. The molecule has 0 aliphatic carbocycles. The smallest absolute Gasteiger partial charge is 0.233 e. The topological polar surface area (TPSA) is 80.0 Å². The number of tetrazole rings is 1. The first kappa shape index (κ1) is 20.3. The van der Waals surface area contributed by atoms with Crippen LogP contribution < -0.4 is 0 Å². The van der Waals surface area contributed by atoms with E-state index in [0.29, 0.717) is 10.9 Å². The Hall–Kier alpha value is -2.01. The van der Waals surface area contributed by atoms with E-state index in [4.69, 9.17) is 16.6 Å². The number of aromatic nitrogens is 5. The van der Waals surface area contributed by atoms with Gasteiger partial charge in [-0.15, -0.1) is 16.4 Å². The maximum atomic E-state index is 12.4. The normalized spacial score (nSPS) is 15.0. The van der Waals surface area contributed by atoms with Gasteiger partial charge in [-0.2, -0.15) is 0 Å². The van der Waals surface area contributed by atoms with Crippen molar-refractivity contribution in [2.75, 3.05) is 31.9 Å². The van der Waals surface area contributed by atoms with Gasteiger partial charge in [0.1, 0.15) is 5.01 Å². The molecule has 3 heterocycles. The first-order valence-corrected chi connectivity index (χ1v) is 11.4. The molecule has 1 fully saturated rings. The average Bonchev–Trinajstić information content (AvgIpc) is 3.36. The standard InChI is InChI=1S/C18H20ClN7OS2/c1-24-18(21-22-23-24)29-12-17(27)26-8-6-25(7-9-26)10-16-20-15(11-28-16)13-2-4-14(19)5-3-13/h2-5,11H,6-10,12H2,1H3. The van der Waals surface area contributed by atoms with Crippen LogP contribution in [0.1, 0.15) is 5.01 Å². The lowest BCUT2D eigenvalue weighted by Crippen LogP contribution is -2.48. The van der Waals surface area contributed by atoms with Gasteiger partial charge in [-0.3, -0.25) is 9.69 Å². The number of carbonyl (C=O) groups excluding carboxylic acids is 1. The molecule has 152 valence electrons. The molecular formula is C18H20ClN7OS2. The van der Waals surface area contributed by atoms with Gasteiger partial charge in [0, 0.05) is 49.2 Å². The molecule has 3 aromatic rings. The van der Waals surface area contributed by atoms with Gasteiger partial charge in [0.15, 0.2) is 0 Å². The molecular weight excluding hydrogens is 430 g/mol. The number of carbonyl (C=O) groups is 1. The van der Waals surface area contributed by atoms with Crippen LogP contribution in [0, 0.1) is 0 Å². The molecule has 2 aromatic heterocycles. The first-order chi connectivity index (χ1) is 14.1. The molecule has 0 saturated carbocycles. The molecule has 8 nitrogen and oxygen atoms in total. The van der Waals surface area contributed by atoms with Gasteiger partial charge in [0.2, 0.25) is 11.1 Å². The van der Waals surface area contributed by atoms with Crippen molar-refractivity contribution in [3.05, 3.63) is 39.7 Å². The third-order valence-corrected chi connectivity index (χ3v) is 6.76. The van der Waals surface area contributed by atoms with Gasteiger partial charge < -0.3 is 4.90 Å². The summed E-state index contributed by atoms with van der Waals surface area (Å²) in [5.41, 5.74) is 2.05. The van der Waals surface area contributed by atoms with E-state index in [9.17, 15) is 4.79 Å². The van der Waals surface area contributed by atoms with Crippen LogP contribution in [0.2, 0.25) is 5.02 Å². The number of aryl methyl sites for hydroxylation is 1. The number of halogens is 1. The van der Waals surface area contributed by atoms with Gasteiger partial charge in [0.05, 0.1) is 18.0 Å². The molecule has 1 amide bonds. The highest BCUT2D eigenvalue weighted by Crippen LogP contribution is 2.24. The van der Waals surface area contributed by atoms with E-state index >= 15 is 0 Å². The summed E-state index contributed by atoms with van der Waals surface area (Å²) in [5.74, 6) is 0.474. The molecule has 11 heteroatoms. The van der Waals surface area contributed by atoms with Gasteiger partial charge in [-0.1, -0.05) is 35.5 Å². The Morgan fingerprint density at radius 3 is 2.66 bits per heavy atom. The Kier molecular flexibility index (Phi) is 6.43. The summed E-state index contributed by atoms with van der Waals surface area (Å²) in [6.07, 6.45) is 0. The van der Waals surface area contributed by atoms with Crippen LogP contribution >= 0.6 is 34.7 Å². The van der Waals surface area contributed by atoms with Crippen molar-refractivity contribution in [3.63, 3.8) is 0 Å². The van der Waals surface area contributed by atoms with E-state index in [2.05, 4.69) is 25.8 Å². The quantitative estimate of drug-likeness (QED) is 0.534. The SMILES string of the molecule is Cn1nnnc1SCC(=O)N1CCN(Cc2nc(-c3ccc(Cl)cc3)cs2)CC1. The van der Waals surface area contributed by atoms with Crippen molar-refractivity contribution in [1.82, 2.24) is 35.0 Å². The number of hydrogen-bond donors (Lipinski definition) is 0. The predicted molar refractivity (Wildman–Crippen MR) is 114 cm³/mol. The van der Waals surface area contributed by atoms with Crippen molar-refractivity contribution in [2.24, 2.45) is 7.05 Å². The van der Waals surface area contributed by atoms with Crippen LogP contribution in [0.15, 0.2) is 34.8 Å². The fourth-order valence-corrected chi connectivity index (χ4v) is 4.77. The minimum absolute atomic E-state index is 0.122. The van der Waals surface area contributed by atoms with Crippen LogP contribution in [-0.4, -0.2) is 72.8 Å². The van der Waals surface area contributed by atoms with Gasteiger partial charge in [0.25, 0.3) is 0 Å². The molecule has 29 heavy (non-hydrogen) atoms. The van der Waals surface area contributed by atoms with Crippen molar-refractivity contribution in [3.8, 4) is 11.3 Å². The minimum Gasteiger partial charge on any atom is -0.339 e. The highest BCUT2D eigenvalue weighted by molar-refractivity contribution is 7.99. The number of hydrogen-bond acceptors (Lipinski definition) is 8. The summed E-state index contributed by atoms with van der Waals surface area (Å²) >= 11 is 8.99. The second-order valence-corrected chi connectivity index (χ2v) is 8.99. The number of nitrogens with zero attached hydrogens (tertiary/aromatic N) is 7. The van der Waals surface area contributed by atoms with Gasteiger partial charge >= 0.3 is 0 Å². The molecule has 0 N–H and O–H groups in total. The molecule has 0 unspecified atom stereocenters. The fourth-order valence-electron chi connectivity index (χ4n) is 3.04. The largest absolute Gasteiger partial charge is 0.339 e. The van der Waals surface area contributed by atoms with Crippen molar-refractivity contribution in [1.29, 1.82) is 0 Å². The Morgan fingerprint density at radius 2 is 1.97 bits per heavy atom. The number of thioether (sulfide) groups is 1. The highest BCUT2D eigenvalue weighted by atomic mass is 35.5. The van der Waals surface area contributed by atoms with Crippen molar-refractivity contribution >= 4 is 40.6 Å². The Bertz CT molecular complexity index is 967. The second kappa shape index (κ2) is 9.21. The second-order valence-electron chi connectivity index (χ2n) is 6.66. The number of thiazole rings is 1. The summed E-state index contributed by atoms with van der Waals surface area (Å²) < 4.78 is 1.57. The van der Waals surface area contributed by atoms with Crippen LogP contribution in [0.5, 0.6) is 0 Å². The third kappa shape index (κ3) is 5.13. The Morgan fingerprint density at radius 1 is 1.21 bits per heavy atom. The number of piperazine rings is 1. The average molecular weight is 450 g/mol. The Labute approximate surface area is 181 Å². The zero-order chi connectivity index (χ0) is 20.2. The molecule has 1 saturated heterocycles. The number of benzene rings is 1. The zero-order valence-electron chi connectivity index (χ0n) is 15.9. The van der Waals surface area contributed by atoms with Gasteiger partial charge in [-0.25, -0.2) is 9.67 Å². The summed E-state index contributed by atoms with van der Waals surface area (Å²) in [6, 6.07) is 7.73. The fraction of sp³-hybridized carbons (Fsp3) is 0.389. The van der Waals surface area contributed by atoms with E-state index in [-0.39, 0.29) is 5.91 Å². The van der Waals surface area contributed by atoms with E-state index in [1.54, 1.807) is 23.1 Å². The maximum absolute atomic E-state index is 12.4. The molecule has 0 bridgehead atoms. The number of amides is 1. The summed E-state index contributed by atoms with van der Waals surface area (Å²) in [4.78, 5) is 21.4. The molecule has 1 aromatic carbocycles. The molecule has 0 spiro atoms. The number of rotatable bonds is 6. The minimum atomic E-state index is 0.122. The zero-order valence-corrected chi connectivity index (χ0v) is 18.3. The van der Waals surface area contributed by atoms with Crippen LogP contribution in [0.25, 0.3) is 11.3 Å². The van der Waals surface area contributed by atoms with E-state index < -0.39 is 0 Å². The molecule has 4 rings (SSSR count). The summed E-state index contributed by atoms with van der Waals surface area (Å²) in [6.45, 7) is 3.95. The maximum Gasteiger partial charge on any atom is 0.233 e. The first-order valence-electron chi connectivity index (χ1n) is 9.14. The summed E-state index contributed by atoms with van der Waals surface area (Å²) in [5, 5.41) is 15.8. The molecule has 0 radical (unpaired) electrons. The lowest BCUT2D eigenvalue weighted by molar-refractivity contribution is -0.130. The summed E-state index contributed by atoms with van der Waals surface area (Å²) in [7, 11) is 1.77. The lowest BCUT2D eigenvalue weighted by Gasteiger charge is -2.34. The van der Waals surface area contributed by atoms with Crippen LogP contribution in [-0.2, 0) is 18.4 Å².